The summed E-state index contributed by atoms with van der Waals surface area (Å²) in [7, 11) is 0. The van der Waals surface area contributed by atoms with Gasteiger partial charge in [0, 0.05) is 40.1 Å². The lowest BCUT2D eigenvalue weighted by Crippen LogP contribution is -2.47. The Bertz CT molecular complexity index is 891. The smallest absolute Gasteiger partial charge is 0.408 e. The van der Waals surface area contributed by atoms with E-state index in [2.05, 4.69) is 16.0 Å². The fourth-order valence-corrected chi connectivity index (χ4v) is 4.10. The number of aryl methyl sites for hydroxylation is 1. The number of carbonyl (C=O) groups is 1. The lowest BCUT2D eigenvalue weighted by atomic mass is 9.98. The molecule has 2 aromatic heterocycles. The van der Waals surface area contributed by atoms with Crippen molar-refractivity contribution in [2.24, 2.45) is 0 Å². The summed E-state index contributed by atoms with van der Waals surface area (Å²) in [5.41, 5.74) is 2.55. The molecule has 5 nitrogen and oxygen atoms in total. The molecule has 2 N–H and O–H groups in total. The first-order valence-corrected chi connectivity index (χ1v) is 9.14. The second kappa shape index (κ2) is 6.52. The molecule has 0 aliphatic carbocycles. The van der Waals surface area contributed by atoms with Crippen LogP contribution in [0.2, 0.25) is 0 Å². The molecule has 0 unspecified atom stereocenters. The van der Waals surface area contributed by atoms with Crippen LogP contribution in [0.25, 0.3) is 10.9 Å². The predicted octanol–water partition coefficient (Wildman–Crippen LogP) is 5.00. The van der Waals surface area contributed by atoms with Gasteiger partial charge in [0.15, 0.2) is 0 Å². The Hall–Kier alpha value is -2.34. The van der Waals surface area contributed by atoms with Gasteiger partial charge in [-0.1, -0.05) is 18.2 Å². The van der Waals surface area contributed by atoms with Gasteiger partial charge in [-0.15, -0.1) is 11.3 Å². The summed E-state index contributed by atoms with van der Waals surface area (Å²) in [5.74, 6) is 0. The van der Waals surface area contributed by atoms with Crippen molar-refractivity contribution in [3.05, 3.63) is 52.1 Å². The van der Waals surface area contributed by atoms with E-state index in [1.807, 2.05) is 57.5 Å². The first-order valence-electron chi connectivity index (χ1n) is 8.26. The minimum atomic E-state index is -0.926. The second-order valence-electron chi connectivity index (χ2n) is 7.23. The van der Waals surface area contributed by atoms with E-state index in [-0.39, 0.29) is 6.04 Å². The zero-order valence-electron chi connectivity index (χ0n) is 14.9. The van der Waals surface area contributed by atoms with Gasteiger partial charge in [-0.05, 0) is 39.3 Å². The van der Waals surface area contributed by atoms with Gasteiger partial charge in [0.1, 0.15) is 5.01 Å². The number of hydrogen-bond acceptors (Lipinski definition) is 3. The van der Waals surface area contributed by atoms with Crippen LogP contribution in [0.4, 0.5) is 4.79 Å². The van der Waals surface area contributed by atoms with E-state index in [0.29, 0.717) is 6.42 Å². The number of H-pyrrole nitrogens is 1. The van der Waals surface area contributed by atoms with Crippen molar-refractivity contribution >= 4 is 28.3 Å². The van der Waals surface area contributed by atoms with Crippen molar-refractivity contribution in [2.75, 3.05) is 0 Å². The zero-order valence-corrected chi connectivity index (χ0v) is 15.7. The number of thiazole rings is 1. The van der Waals surface area contributed by atoms with Gasteiger partial charge in [-0.3, -0.25) is 4.90 Å². The van der Waals surface area contributed by atoms with E-state index in [1.54, 1.807) is 0 Å². The van der Waals surface area contributed by atoms with Crippen molar-refractivity contribution in [1.82, 2.24) is 14.9 Å². The van der Waals surface area contributed by atoms with Crippen molar-refractivity contribution in [1.29, 1.82) is 0 Å². The molecule has 25 heavy (non-hydrogen) atoms. The Morgan fingerprint density at radius 1 is 1.36 bits per heavy atom. The monoisotopic (exact) mass is 357 g/mol. The fraction of sp³-hybridized carbons (Fsp3) is 0.368. The predicted molar refractivity (Wildman–Crippen MR) is 101 cm³/mol. The largest absolute Gasteiger partial charge is 0.465 e. The van der Waals surface area contributed by atoms with Crippen LogP contribution in [0.5, 0.6) is 0 Å². The summed E-state index contributed by atoms with van der Waals surface area (Å²) in [6.07, 6.45) is 1.63. The highest BCUT2D eigenvalue weighted by molar-refractivity contribution is 7.09. The number of aromatic amines is 1. The maximum absolute atomic E-state index is 12.1. The molecule has 3 rings (SSSR count). The number of rotatable bonds is 4. The van der Waals surface area contributed by atoms with Crippen molar-refractivity contribution in [3.8, 4) is 0 Å². The highest BCUT2D eigenvalue weighted by Crippen LogP contribution is 2.34. The fourth-order valence-electron chi connectivity index (χ4n) is 3.21. The molecule has 0 spiro atoms. The molecular formula is C19H23N3O2S. The Morgan fingerprint density at radius 2 is 2.08 bits per heavy atom. The summed E-state index contributed by atoms with van der Waals surface area (Å²) in [6.45, 7) is 7.70. The highest BCUT2D eigenvalue weighted by atomic mass is 32.1. The standard InChI is InChI=1S/C19H23N3O2S/c1-12-11-25-17(21-12)16(22(18(23)24)19(2,3)4)9-13-10-20-15-8-6-5-7-14(13)15/h5-8,10-11,16,20H,9H2,1-4H3,(H,23,24)/t16-/m0/s1. The molecule has 6 heteroatoms. The normalized spacial score (nSPS) is 13.1. The molecule has 0 saturated heterocycles. The number of carboxylic acid groups (broad SMARTS) is 1. The van der Waals surface area contributed by atoms with Crippen LogP contribution in [-0.4, -0.2) is 31.6 Å². The first kappa shape index (κ1) is 17.5. The van der Waals surface area contributed by atoms with Crippen LogP contribution in [0.15, 0.2) is 35.8 Å². The summed E-state index contributed by atoms with van der Waals surface area (Å²) in [5, 5.41) is 13.8. The molecule has 132 valence electrons. The average Bonchev–Trinajstić information content (AvgIpc) is 3.12. The molecule has 0 saturated carbocycles. The number of amides is 1. The molecule has 0 aliphatic rings. The van der Waals surface area contributed by atoms with Crippen molar-refractivity contribution in [2.45, 2.75) is 45.7 Å². The molecule has 0 radical (unpaired) electrons. The summed E-state index contributed by atoms with van der Waals surface area (Å²) >= 11 is 1.52. The van der Waals surface area contributed by atoms with Crippen LogP contribution < -0.4 is 0 Å². The minimum Gasteiger partial charge on any atom is -0.465 e. The Kier molecular flexibility index (Phi) is 4.56. The van der Waals surface area contributed by atoms with Crippen molar-refractivity contribution < 1.29 is 9.90 Å². The molecule has 0 aliphatic heterocycles. The second-order valence-corrected chi connectivity index (χ2v) is 8.12. The Balaban J connectivity index is 2.06. The molecule has 3 aromatic rings. The number of para-hydroxylation sites is 1. The van der Waals surface area contributed by atoms with Crippen LogP contribution in [0, 0.1) is 6.92 Å². The maximum atomic E-state index is 12.1. The highest BCUT2D eigenvalue weighted by Gasteiger charge is 2.36. The van der Waals surface area contributed by atoms with E-state index in [9.17, 15) is 9.90 Å². The summed E-state index contributed by atoms with van der Waals surface area (Å²) in [6, 6.07) is 7.76. The minimum absolute atomic E-state index is 0.324. The summed E-state index contributed by atoms with van der Waals surface area (Å²) in [4.78, 5) is 21.4. The molecule has 1 amide bonds. The SMILES string of the molecule is Cc1csc([C@H](Cc2c[nH]c3ccccc23)N(C(=O)O)C(C)(C)C)n1. The van der Waals surface area contributed by atoms with Crippen LogP contribution in [0.3, 0.4) is 0 Å². The van der Waals surface area contributed by atoms with E-state index < -0.39 is 11.6 Å². The topological polar surface area (TPSA) is 69.2 Å². The first-order chi connectivity index (χ1) is 11.8. The lowest BCUT2D eigenvalue weighted by molar-refractivity contribution is 0.0696. The molecule has 2 heterocycles. The number of nitrogens with zero attached hydrogens (tertiary/aromatic N) is 2. The van der Waals surface area contributed by atoms with Gasteiger partial charge in [-0.2, -0.15) is 0 Å². The van der Waals surface area contributed by atoms with E-state index in [1.165, 1.54) is 16.2 Å². The van der Waals surface area contributed by atoms with E-state index >= 15 is 0 Å². The third kappa shape index (κ3) is 3.54. The van der Waals surface area contributed by atoms with Gasteiger partial charge < -0.3 is 10.1 Å². The summed E-state index contributed by atoms with van der Waals surface area (Å²) < 4.78 is 0. The van der Waals surface area contributed by atoms with Gasteiger partial charge >= 0.3 is 6.09 Å². The van der Waals surface area contributed by atoms with Crippen LogP contribution in [0.1, 0.15) is 43.1 Å². The quantitative estimate of drug-likeness (QED) is 0.691. The molecule has 0 fully saturated rings. The Morgan fingerprint density at radius 3 is 2.68 bits per heavy atom. The number of aromatic nitrogens is 2. The van der Waals surface area contributed by atoms with Gasteiger partial charge in [0.25, 0.3) is 0 Å². The number of benzene rings is 1. The van der Waals surface area contributed by atoms with Crippen LogP contribution >= 0.6 is 11.3 Å². The molecule has 1 aromatic carbocycles. The Labute approximate surface area is 151 Å². The third-order valence-corrected chi connectivity index (χ3v) is 5.31. The van der Waals surface area contributed by atoms with E-state index in [0.717, 1.165) is 27.2 Å². The third-order valence-electron chi connectivity index (χ3n) is 4.25. The molecular weight excluding hydrogens is 334 g/mol. The van der Waals surface area contributed by atoms with Gasteiger partial charge in [0.2, 0.25) is 0 Å². The van der Waals surface area contributed by atoms with Crippen LogP contribution in [-0.2, 0) is 6.42 Å². The lowest BCUT2D eigenvalue weighted by Gasteiger charge is -2.38. The zero-order chi connectivity index (χ0) is 18.2. The molecule has 1 atom stereocenters. The number of nitrogens with one attached hydrogen (secondary N) is 1. The average molecular weight is 357 g/mol. The molecule has 0 bridgehead atoms. The van der Waals surface area contributed by atoms with Gasteiger partial charge in [-0.25, -0.2) is 9.78 Å². The van der Waals surface area contributed by atoms with Gasteiger partial charge in [0.05, 0.1) is 6.04 Å². The maximum Gasteiger partial charge on any atom is 0.408 e. The van der Waals surface area contributed by atoms with E-state index in [4.69, 9.17) is 0 Å². The number of fused-ring (bicyclic) bond motifs is 1. The number of hydrogen-bond donors (Lipinski definition) is 2. The van der Waals surface area contributed by atoms with Crippen molar-refractivity contribution in [3.63, 3.8) is 0 Å².